The Hall–Kier alpha value is -1.71. The summed E-state index contributed by atoms with van der Waals surface area (Å²) in [5.74, 6) is 0. The Balaban J connectivity index is 1.86. The van der Waals surface area contributed by atoms with Gasteiger partial charge in [-0.25, -0.2) is 0 Å². The average Bonchev–Trinajstić information content (AvgIpc) is 2.85. The highest BCUT2D eigenvalue weighted by molar-refractivity contribution is 14.1. The molecular formula is C31H21I3. The average molecular weight is 774 g/mol. The van der Waals surface area contributed by atoms with Gasteiger partial charge in [-0.2, -0.15) is 0 Å². The normalized spacial score (nSPS) is 10.9. The molecule has 0 aromatic heterocycles. The quantitative estimate of drug-likeness (QED) is 0.160. The maximum atomic E-state index is 2.38. The molecule has 0 bridgehead atoms. The van der Waals surface area contributed by atoms with Crippen molar-refractivity contribution >= 4 is 67.8 Å². The molecule has 0 saturated carbocycles. The highest BCUT2D eigenvalue weighted by atomic mass is 127. The van der Waals surface area contributed by atoms with Crippen molar-refractivity contribution in [1.82, 2.24) is 0 Å². The van der Waals surface area contributed by atoms with Crippen LogP contribution in [0.2, 0.25) is 0 Å². The highest BCUT2D eigenvalue weighted by Crippen LogP contribution is 2.43. The summed E-state index contributed by atoms with van der Waals surface area (Å²) in [7, 11) is 0. The largest absolute Gasteiger partial charge is 0.0587 e. The van der Waals surface area contributed by atoms with Gasteiger partial charge in [0.2, 0.25) is 0 Å². The summed E-state index contributed by atoms with van der Waals surface area (Å²) in [6.07, 6.45) is 0. The molecule has 0 nitrogen and oxygen atoms in total. The first-order chi connectivity index (χ1) is 16.5. The van der Waals surface area contributed by atoms with Crippen LogP contribution in [0.3, 0.4) is 0 Å². The Kier molecular flexibility index (Phi) is 7.41. The van der Waals surface area contributed by atoms with E-state index in [9.17, 15) is 0 Å². The van der Waals surface area contributed by atoms with Crippen molar-refractivity contribution in [3.63, 3.8) is 0 Å². The van der Waals surface area contributed by atoms with Gasteiger partial charge in [0.15, 0.2) is 0 Å². The number of hydrogen-bond acceptors (Lipinski definition) is 0. The smallest absolute Gasteiger partial charge is 0.0130 e. The van der Waals surface area contributed by atoms with E-state index >= 15 is 0 Å². The van der Waals surface area contributed by atoms with Gasteiger partial charge in [0.05, 0.1) is 0 Å². The van der Waals surface area contributed by atoms with Gasteiger partial charge >= 0.3 is 0 Å². The Morgan fingerprint density at radius 3 is 1.15 bits per heavy atom. The van der Waals surface area contributed by atoms with Gasteiger partial charge in [-0.05, 0) is 168 Å². The van der Waals surface area contributed by atoms with Crippen LogP contribution in [-0.2, 0) is 0 Å². The van der Waals surface area contributed by atoms with Gasteiger partial charge in [0.25, 0.3) is 0 Å². The first kappa shape index (κ1) is 24.0. The molecule has 0 N–H and O–H groups in total. The van der Waals surface area contributed by atoms with Crippen LogP contribution >= 0.6 is 67.8 Å². The molecule has 0 aliphatic rings. The van der Waals surface area contributed by atoms with E-state index < -0.39 is 0 Å². The van der Waals surface area contributed by atoms with Crippen molar-refractivity contribution in [3.8, 4) is 44.5 Å². The van der Waals surface area contributed by atoms with E-state index in [4.69, 9.17) is 0 Å². The predicted molar refractivity (Wildman–Crippen MR) is 171 cm³/mol. The second-order valence-corrected chi connectivity index (χ2v) is 12.1. The molecule has 0 saturated heterocycles. The van der Waals surface area contributed by atoms with Gasteiger partial charge in [0, 0.05) is 10.7 Å². The van der Waals surface area contributed by atoms with E-state index in [-0.39, 0.29) is 0 Å². The maximum Gasteiger partial charge on any atom is 0.0130 e. The summed E-state index contributed by atoms with van der Waals surface area (Å²) >= 11 is 7.12. The second-order valence-electron chi connectivity index (χ2n) is 8.33. The topological polar surface area (TPSA) is 0 Å². The molecule has 0 spiro atoms. The Morgan fingerprint density at radius 1 is 0.382 bits per heavy atom. The fraction of sp³-hybridized carbons (Fsp3) is 0.0323. The third kappa shape index (κ3) is 5.26. The zero-order valence-electron chi connectivity index (χ0n) is 18.5. The van der Waals surface area contributed by atoms with Gasteiger partial charge in [-0.3, -0.25) is 0 Å². The Morgan fingerprint density at radius 2 is 0.735 bits per heavy atom. The lowest BCUT2D eigenvalue weighted by atomic mass is 9.84. The molecular weight excluding hydrogens is 753 g/mol. The molecule has 0 heterocycles. The van der Waals surface area contributed by atoms with Crippen molar-refractivity contribution in [3.05, 3.63) is 125 Å². The van der Waals surface area contributed by atoms with Crippen molar-refractivity contribution in [2.75, 3.05) is 0 Å². The summed E-state index contributed by atoms with van der Waals surface area (Å²) in [5.41, 5.74) is 11.2. The van der Waals surface area contributed by atoms with Gasteiger partial charge in [-0.1, -0.05) is 66.2 Å². The molecule has 5 rings (SSSR count). The van der Waals surface area contributed by atoms with E-state index in [0.717, 1.165) is 0 Å². The Labute approximate surface area is 242 Å². The van der Waals surface area contributed by atoms with Crippen LogP contribution in [-0.4, -0.2) is 0 Å². The molecule has 5 aromatic carbocycles. The zero-order chi connectivity index (χ0) is 23.7. The van der Waals surface area contributed by atoms with Crippen LogP contribution in [0.25, 0.3) is 44.5 Å². The molecule has 0 amide bonds. The van der Waals surface area contributed by atoms with Crippen LogP contribution in [0.1, 0.15) is 5.56 Å². The lowest BCUT2D eigenvalue weighted by molar-refractivity contribution is 1.46. The predicted octanol–water partition coefficient (Wildman–Crippen LogP) is 10.5. The fourth-order valence-corrected chi connectivity index (χ4v) is 5.28. The lowest BCUT2D eigenvalue weighted by Crippen LogP contribution is -1.93. The minimum absolute atomic E-state index is 1.23. The van der Waals surface area contributed by atoms with Crippen LogP contribution < -0.4 is 0 Å². The molecule has 5 aromatic rings. The molecule has 166 valence electrons. The van der Waals surface area contributed by atoms with Crippen LogP contribution in [0.4, 0.5) is 0 Å². The number of hydrogen-bond donors (Lipinski definition) is 0. The summed E-state index contributed by atoms with van der Waals surface area (Å²) in [4.78, 5) is 0. The summed E-state index contributed by atoms with van der Waals surface area (Å²) in [6.45, 7) is 2.14. The zero-order valence-corrected chi connectivity index (χ0v) is 25.0. The molecule has 0 unspecified atom stereocenters. The van der Waals surface area contributed by atoms with E-state index in [2.05, 4.69) is 184 Å². The number of rotatable bonds is 4. The maximum absolute atomic E-state index is 2.38. The van der Waals surface area contributed by atoms with E-state index in [1.807, 2.05) is 0 Å². The van der Waals surface area contributed by atoms with Crippen molar-refractivity contribution in [2.24, 2.45) is 0 Å². The van der Waals surface area contributed by atoms with Crippen LogP contribution in [0, 0.1) is 17.6 Å². The van der Waals surface area contributed by atoms with Crippen molar-refractivity contribution in [2.45, 2.75) is 6.92 Å². The van der Waals surface area contributed by atoms with Gasteiger partial charge in [0.1, 0.15) is 0 Å². The number of aryl methyl sites for hydroxylation is 1. The molecule has 0 aliphatic carbocycles. The molecule has 0 fully saturated rings. The summed E-state index contributed by atoms with van der Waals surface area (Å²) < 4.78 is 3.73. The number of halogens is 3. The molecule has 0 aliphatic heterocycles. The van der Waals surface area contributed by atoms with Crippen molar-refractivity contribution < 1.29 is 0 Å². The fourth-order valence-electron chi connectivity index (χ4n) is 4.20. The first-order valence-corrected chi connectivity index (χ1v) is 14.2. The SMILES string of the molecule is Cc1ccc(-c2c(-c3ccc(I)cc3)cc(-c3ccc(I)cc3)cc2-c2ccc(I)cc2)cc1. The second kappa shape index (κ2) is 10.5. The molecule has 0 atom stereocenters. The minimum atomic E-state index is 1.23. The highest BCUT2D eigenvalue weighted by Gasteiger charge is 2.17. The monoisotopic (exact) mass is 774 g/mol. The van der Waals surface area contributed by atoms with Gasteiger partial charge in [-0.15, -0.1) is 0 Å². The van der Waals surface area contributed by atoms with E-state index in [1.54, 1.807) is 0 Å². The van der Waals surface area contributed by atoms with Gasteiger partial charge < -0.3 is 0 Å². The molecule has 0 radical (unpaired) electrons. The van der Waals surface area contributed by atoms with E-state index in [0.29, 0.717) is 0 Å². The number of benzene rings is 5. The summed E-state index contributed by atoms with van der Waals surface area (Å²) in [6, 6.07) is 40.2. The Bertz CT molecular complexity index is 1370. The third-order valence-corrected chi connectivity index (χ3v) is 8.12. The third-order valence-electron chi connectivity index (χ3n) is 5.97. The summed E-state index contributed by atoms with van der Waals surface area (Å²) in [5, 5.41) is 0. The first-order valence-electron chi connectivity index (χ1n) is 11.0. The molecule has 3 heteroatoms. The standard InChI is InChI=1S/C31H21I3/c1-20-2-4-24(5-3-20)31-29(22-8-14-27(33)15-9-22)18-25(21-6-12-26(32)13-7-21)19-30(31)23-10-16-28(34)17-11-23/h2-19H,1H3. The minimum Gasteiger partial charge on any atom is -0.0587 e. The molecule has 34 heavy (non-hydrogen) atoms. The van der Waals surface area contributed by atoms with Crippen molar-refractivity contribution in [1.29, 1.82) is 0 Å². The van der Waals surface area contributed by atoms with Crippen LogP contribution in [0.15, 0.2) is 109 Å². The lowest BCUT2D eigenvalue weighted by Gasteiger charge is -2.19. The van der Waals surface area contributed by atoms with Crippen LogP contribution in [0.5, 0.6) is 0 Å². The van der Waals surface area contributed by atoms with E-state index in [1.165, 1.54) is 60.8 Å².